The van der Waals surface area contributed by atoms with Crippen molar-refractivity contribution in [3.63, 3.8) is 0 Å². The zero-order valence-electron chi connectivity index (χ0n) is 13.1. The third-order valence-corrected chi connectivity index (χ3v) is 5.69. The molecule has 0 N–H and O–H groups in total. The summed E-state index contributed by atoms with van der Waals surface area (Å²) in [4.78, 5) is 15.9. The zero-order valence-corrected chi connectivity index (χ0v) is 14.8. The van der Waals surface area contributed by atoms with Gasteiger partial charge in [0.2, 0.25) is 5.01 Å². The average Bonchev–Trinajstić information content (AvgIpc) is 3.17. The second kappa shape index (κ2) is 7.88. The van der Waals surface area contributed by atoms with Gasteiger partial charge in [-0.2, -0.15) is 0 Å². The minimum absolute atomic E-state index is 0.201. The molecule has 0 unspecified atom stereocenters. The van der Waals surface area contributed by atoms with Gasteiger partial charge in [-0.3, -0.25) is 4.57 Å². The van der Waals surface area contributed by atoms with Gasteiger partial charge in [-0.15, -0.1) is 11.3 Å². The first-order valence-corrected chi connectivity index (χ1v) is 9.58. The molecule has 0 saturated carbocycles. The van der Waals surface area contributed by atoms with Crippen LogP contribution in [0.3, 0.4) is 0 Å². The van der Waals surface area contributed by atoms with Gasteiger partial charge in [0.1, 0.15) is 11.0 Å². The van der Waals surface area contributed by atoms with Crippen molar-refractivity contribution >= 4 is 30.2 Å². The maximum atomic E-state index is 12.9. The summed E-state index contributed by atoms with van der Waals surface area (Å²) in [6.45, 7) is 5.90. The highest BCUT2D eigenvalue weighted by atomic mass is 32.1. The first kappa shape index (κ1) is 17.9. The van der Waals surface area contributed by atoms with Crippen molar-refractivity contribution in [1.29, 1.82) is 0 Å². The number of furan rings is 1. The van der Waals surface area contributed by atoms with E-state index in [0.717, 1.165) is 11.3 Å². The van der Waals surface area contributed by atoms with E-state index in [4.69, 9.17) is 18.2 Å². The molecule has 2 heterocycles. The number of thiazole rings is 1. The van der Waals surface area contributed by atoms with Crippen molar-refractivity contribution < 1.29 is 27.6 Å². The summed E-state index contributed by atoms with van der Waals surface area (Å²) in [6, 6.07) is 1.53. The molecule has 9 heteroatoms. The summed E-state index contributed by atoms with van der Waals surface area (Å²) in [5.41, 5.74) is 0.387. The molecule has 0 fully saturated rings. The van der Waals surface area contributed by atoms with Gasteiger partial charge in [0.15, 0.2) is 5.76 Å². The molecule has 2 aromatic rings. The Labute approximate surface area is 138 Å². The summed E-state index contributed by atoms with van der Waals surface area (Å²) in [6.07, 6.45) is 1.39. The fourth-order valence-electron chi connectivity index (χ4n) is 1.89. The quantitative estimate of drug-likeness (QED) is 0.527. The molecular weight excluding hydrogens is 341 g/mol. The number of carbonyl (C=O) groups is 1. The van der Waals surface area contributed by atoms with Gasteiger partial charge in [-0.1, -0.05) is 0 Å². The van der Waals surface area contributed by atoms with Crippen LogP contribution in [0.2, 0.25) is 0 Å². The Hall–Kier alpha value is -1.47. The van der Waals surface area contributed by atoms with E-state index in [1.54, 1.807) is 26.2 Å². The predicted octanol–water partition coefficient (Wildman–Crippen LogP) is 3.47. The summed E-state index contributed by atoms with van der Waals surface area (Å²) in [7, 11) is -3.50. The van der Waals surface area contributed by atoms with Crippen LogP contribution >= 0.6 is 18.9 Å². The molecular formula is C14H18NO6PS. The van der Waals surface area contributed by atoms with Crippen molar-refractivity contribution in [1.82, 2.24) is 4.98 Å². The minimum Gasteiger partial charge on any atom is -0.462 e. The fourth-order valence-corrected chi connectivity index (χ4v) is 4.27. The number of nitrogens with zero attached hydrogens (tertiary/aromatic N) is 1. The minimum atomic E-state index is -3.50. The molecule has 0 saturated heterocycles. The fraction of sp³-hybridized carbons (Fsp3) is 0.429. The van der Waals surface area contributed by atoms with Crippen molar-refractivity contribution in [2.45, 2.75) is 20.8 Å². The molecule has 0 radical (unpaired) electrons. The van der Waals surface area contributed by atoms with Gasteiger partial charge < -0.3 is 18.2 Å². The van der Waals surface area contributed by atoms with E-state index >= 15 is 0 Å². The van der Waals surface area contributed by atoms with Crippen LogP contribution in [0.25, 0.3) is 11.5 Å². The van der Waals surface area contributed by atoms with Crippen LogP contribution in [0.15, 0.2) is 22.1 Å². The number of hydrogen-bond donors (Lipinski definition) is 0. The Kier molecular flexibility index (Phi) is 6.12. The third-order valence-electron chi connectivity index (χ3n) is 2.72. The van der Waals surface area contributed by atoms with E-state index in [1.807, 2.05) is 0 Å². The Morgan fingerprint density at radius 1 is 1.26 bits per heavy atom. The largest absolute Gasteiger partial charge is 0.462 e. The SMILES string of the molecule is CCOC(=O)c1nc(-c2occc2P(=O)(OCC)OCC)cs1. The molecule has 23 heavy (non-hydrogen) atoms. The summed E-state index contributed by atoms with van der Waals surface area (Å²) in [5, 5.41) is 2.13. The monoisotopic (exact) mass is 359 g/mol. The first-order chi connectivity index (χ1) is 11.1. The van der Waals surface area contributed by atoms with E-state index in [1.165, 1.54) is 12.3 Å². The van der Waals surface area contributed by atoms with Crippen LogP contribution in [0.4, 0.5) is 0 Å². The lowest BCUT2D eigenvalue weighted by Gasteiger charge is -2.16. The highest BCUT2D eigenvalue weighted by Crippen LogP contribution is 2.49. The van der Waals surface area contributed by atoms with Gasteiger partial charge in [0, 0.05) is 5.38 Å². The molecule has 0 spiro atoms. The standard InChI is InChI=1S/C14H18NO6PS/c1-4-18-14(16)13-15-10(9-23-13)12-11(7-8-19-12)22(17,20-5-2)21-6-3/h7-9H,4-6H2,1-3H3. The molecule has 7 nitrogen and oxygen atoms in total. The smallest absolute Gasteiger partial charge is 0.367 e. The zero-order chi connectivity index (χ0) is 16.9. The lowest BCUT2D eigenvalue weighted by Crippen LogP contribution is -2.11. The number of ether oxygens (including phenoxy) is 1. The summed E-state index contributed by atoms with van der Waals surface area (Å²) in [5.74, 6) is -0.239. The second-order valence-electron chi connectivity index (χ2n) is 4.23. The van der Waals surface area contributed by atoms with Crippen LogP contribution in [0.1, 0.15) is 30.6 Å². The molecule has 0 amide bonds. The van der Waals surface area contributed by atoms with Crippen molar-refractivity contribution in [3.05, 3.63) is 22.7 Å². The number of aromatic nitrogens is 1. The lowest BCUT2D eigenvalue weighted by molar-refractivity contribution is 0.0526. The molecule has 0 bridgehead atoms. The molecule has 0 aromatic carbocycles. The van der Waals surface area contributed by atoms with Gasteiger partial charge in [0.25, 0.3) is 0 Å². The first-order valence-electron chi connectivity index (χ1n) is 7.15. The Morgan fingerprint density at radius 2 is 1.96 bits per heavy atom. The van der Waals surface area contributed by atoms with E-state index in [9.17, 15) is 9.36 Å². The van der Waals surface area contributed by atoms with Crippen LogP contribution in [0, 0.1) is 0 Å². The van der Waals surface area contributed by atoms with E-state index in [2.05, 4.69) is 4.98 Å². The van der Waals surface area contributed by atoms with Crippen LogP contribution in [0.5, 0.6) is 0 Å². The summed E-state index contributed by atoms with van der Waals surface area (Å²) < 4.78 is 33.9. The van der Waals surface area contributed by atoms with E-state index < -0.39 is 13.6 Å². The molecule has 0 aliphatic rings. The highest BCUT2D eigenvalue weighted by Gasteiger charge is 2.33. The van der Waals surface area contributed by atoms with Gasteiger partial charge in [-0.25, -0.2) is 9.78 Å². The maximum Gasteiger partial charge on any atom is 0.367 e. The number of esters is 1. The van der Waals surface area contributed by atoms with E-state index in [0.29, 0.717) is 11.0 Å². The van der Waals surface area contributed by atoms with Gasteiger partial charge in [0.05, 0.1) is 26.1 Å². The van der Waals surface area contributed by atoms with Crippen LogP contribution in [-0.2, 0) is 18.3 Å². The topological polar surface area (TPSA) is 87.9 Å². The molecule has 0 aliphatic heterocycles. The van der Waals surface area contributed by atoms with Gasteiger partial charge in [-0.05, 0) is 26.8 Å². The van der Waals surface area contributed by atoms with Crippen molar-refractivity contribution in [3.8, 4) is 11.5 Å². The Morgan fingerprint density at radius 3 is 2.57 bits per heavy atom. The molecule has 0 aliphatic carbocycles. The Bertz CT molecular complexity index is 700. The molecule has 0 atom stereocenters. The number of carbonyl (C=O) groups excluding carboxylic acids is 1. The number of rotatable bonds is 8. The second-order valence-corrected chi connectivity index (χ2v) is 7.08. The summed E-state index contributed by atoms with van der Waals surface area (Å²) >= 11 is 1.12. The van der Waals surface area contributed by atoms with Crippen molar-refractivity contribution in [2.24, 2.45) is 0 Å². The number of hydrogen-bond acceptors (Lipinski definition) is 8. The highest BCUT2D eigenvalue weighted by molar-refractivity contribution is 7.62. The third kappa shape index (κ3) is 3.90. The normalized spacial score (nSPS) is 11.6. The average molecular weight is 359 g/mol. The molecule has 2 aromatic heterocycles. The molecule has 2 rings (SSSR count). The lowest BCUT2D eigenvalue weighted by atomic mass is 10.4. The Balaban J connectivity index is 2.37. The molecule has 126 valence electrons. The van der Waals surface area contributed by atoms with E-state index in [-0.39, 0.29) is 30.6 Å². The maximum absolute atomic E-state index is 12.9. The predicted molar refractivity (Wildman–Crippen MR) is 86.3 cm³/mol. The van der Waals surface area contributed by atoms with Crippen molar-refractivity contribution in [2.75, 3.05) is 19.8 Å². The van der Waals surface area contributed by atoms with Crippen LogP contribution < -0.4 is 5.30 Å². The van der Waals surface area contributed by atoms with Crippen LogP contribution in [-0.4, -0.2) is 30.8 Å². The van der Waals surface area contributed by atoms with Gasteiger partial charge >= 0.3 is 13.6 Å².